The van der Waals surface area contributed by atoms with E-state index in [4.69, 9.17) is 9.62 Å². The number of para-hydroxylation sites is 1. The Hall–Kier alpha value is -3.27. The molecule has 0 bridgehead atoms. The summed E-state index contributed by atoms with van der Waals surface area (Å²) in [6, 6.07) is 7.17. The van der Waals surface area contributed by atoms with E-state index in [1.807, 2.05) is 62.0 Å². The second-order valence-electron chi connectivity index (χ2n) is 8.09. The van der Waals surface area contributed by atoms with Gasteiger partial charge in [0.15, 0.2) is 11.5 Å². The number of nitrogens with one attached hydrogen (secondary N) is 1. The highest BCUT2D eigenvalue weighted by Crippen LogP contribution is 2.33. The fraction of sp³-hybridized carbons (Fsp3) is 0.350. The number of hydrogen-bond acceptors (Lipinski definition) is 7. The van der Waals surface area contributed by atoms with Crippen molar-refractivity contribution in [3.05, 3.63) is 46.2 Å². The number of benzene rings is 1. The Morgan fingerprint density at radius 1 is 1.30 bits per heavy atom. The van der Waals surface area contributed by atoms with E-state index in [2.05, 4.69) is 20.4 Å². The Morgan fingerprint density at radius 3 is 2.73 bits per heavy atom. The SMILES string of the molecule is Cc1nc(Cn2nc(-c3nc(C(NC(=O)O)C(C)(C)C)no3)c3ccccc32)cs1. The molecule has 156 valence electrons. The molecule has 3 heterocycles. The third-order valence-electron chi connectivity index (χ3n) is 4.67. The second-order valence-corrected chi connectivity index (χ2v) is 9.15. The van der Waals surface area contributed by atoms with Crippen molar-refractivity contribution < 1.29 is 14.4 Å². The molecule has 1 unspecified atom stereocenters. The molecule has 4 aromatic rings. The Labute approximate surface area is 176 Å². The standard InChI is InChI=1S/C20H22N6O3S/c1-11-21-12(10-30-11)9-26-14-8-6-5-7-13(14)15(24-26)18-23-17(25-29-18)16(20(2,3)4)22-19(27)28/h5-8,10,16,22H,9H2,1-4H3,(H,27,28). The summed E-state index contributed by atoms with van der Waals surface area (Å²) in [5.74, 6) is 0.518. The van der Waals surface area contributed by atoms with Crippen molar-refractivity contribution in [3.63, 3.8) is 0 Å². The van der Waals surface area contributed by atoms with E-state index < -0.39 is 17.6 Å². The number of thiazole rings is 1. The molecule has 10 heteroatoms. The molecule has 2 N–H and O–H groups in total. The predicted octanol–water partition coefficient (Wildman–Crippen LogP) is 4.25. The number of carboxylic acid groups (broad SMARTS) is 1. The highest BCUT2D eigenvalue weighted by atomic mass is 32.1. The van der Waals surface area contributed by atoms with E-state index in [0.717, 1.165) is 21.6 Å². The van der Waals surface area contributed by atoms with Gasteiger partial charge in [0.2, 0.25) is 0 Å². The first-order valence-electron chi connectivity index (χ1n) is 9.42. The van der Waals surface area contributed by atoms with E-state index in [0.29, 0.717) is 12.2 Å². The lowest BCUT2D eigenvalue weighted by Crippen LogP contribution is -2.36. The van der Waals surface area contributed by atoms with Crippen LogP contribution in [-0.4, -0.2) is 36.1 Å². The van der Waals surface area contributed by atoms with Gasteiger partial charge in [-0.1, -0.05) is 44.1 Å². The molecule has 0 fully saturated rings. The molecule has 1 amide bonds. The molecule has 30 heavy (non-hydrogen) atoms. The van der Waals surface area contributed by atoms with E-state index in [1.165, 1.54) is 0 Å². The number of hydrogen-bond donors (Lipinski definition) is 2. The summed E-state index contributed by atoms with van der Waals surface area (Å²) in [5.41, 5.74) is 1.97. The van der Waals surface area contributed by atoms with Gasteiger partial charge in [0.05, 0.1) is 22.8 Å². The number of amides is 1. The summed E-state index contributed by atoms with van der Waals surface area (Å²) in [4.78, 5) is 20.2. The maximum Gasteiger partial charge on any atom is 0.405 e. The highest BCUT2D eigenvalue weighted by molar-refractivity contribution is 7.09. The van der Waals surface area contributed by atoms with Crippen molar-refractivity contribution in [2.75, 3.05) is 0 Å². The summed E-state index contributed by atoms with van der Waals surface area (Å²) in [6.07, 6.45) is -1.14. The number of aromatic nitrogens is 5. The summed E-state index contributed by atoms with van der Waals surface area (Å²) < 4.78 is 7.36. The summed E-state index contributed by atoms with van der Waals surface area (Å²) in [7, 11) is 0. The molecule has 9 nitrogen and oxygen atoms in total. The van der Waals surface area contributed by atoms with Crippen LogP contribution in [0.3, 0.4) is 0 Å². The van der Waals surface area contributed by atoms with Gasteiger partial charge in [-0.25, -0.2) is 9.78 Å². The van der Waals surface area contributed by atoms with Gasteiger partial charge in [-0.15, -0.1) is 11.3 Å². The quantitative estimate of drug-likeness (QED) is 0.489. The van der Waals surface area contributed by atoms with E-state index in [1.54, 1.807) is 11.3 Å². The third kappa shape index (κ3) is 3.90. The number of fused-ring (bicyclic) bond motifs is 1. The molecule has 4 rings (SSSR count). The van der Waals surface area contributed by atoms with Gasteiger partial charge in [-0.3, -0.25) is 4.68 Å². The first-order valence-corrected chi connectivity index (χ1v) is 10.3. The van der Waals surface area contributed by atoms with Crippen molar-refractivity contribution >= 4 is 28.3 Å². The van der Waals surface area contributed by atoms with Crippen LogP contribution < -0.4 is 5.32 Å². The van der Waals surface area contributed by atoms with Crippen molar-refractivity contribution in [1.29, 1.82) is 0 Å². The van der Waals surface area contributed by atoms with Crippen molar-refractivity contribution in [2.45, 2.75) is 40.3 Å². The monoisotopic (exact) mass is 426 g/mol. The van der Waals surface area contributed by atoms with Gasteiger partial charge in [-0.2, -0.15) is 10.1 Å². The van der Waals surface area contributed by atoms with Crippen LogP contribution in [0, 0.1) is 12.3 Å². The Balaban J connectivity index is 1.74. The minimum atomic E-state index is -1.14. The number of rotatable bonds is 5. The van der Waals surface area contributed by atoms with Crippen LogP contribution >= 0.6 is 11.3 Å². The lowest BCUT2D eigenvalue weighted by Gasteiger charge is -2.27. The summed E-state index contributed by atoms with van der Waals surface area (Å²) >= 11 is 1.60. The molecule has 0 spiro atoms. The Morgan fingerprint density at radius 2 is 2.07 bits per heavy atom. The zero-order chi connectivity index (χ0) is 21.5. The average Bonchev–Trinajstić information content (AvgIpc) is 3.38. The molecule has 1 aromatic carbocycles. The zero-order valence-electron chi connectivity index (χ0n) is 17.1. The van der Waals surface area contributed by atoms with Crippen LogP contribution in [-0.2, 0) is 6.54 Å². The normalized spacial score (nSPS) is 12.9. The number of carbonyl (C=O) groups is 1. The van der Waals surface area contributed by atoms with Crippen LogP contribution in [0.15, 0.2) is 34.2 Å². The molecular formula is C20H22N6O3S. The molecule has 3 aromatic heterocycles. The first kappa shape index (κ1) is 20.0. The smallest absolute Gasteiger partial charge is 0.405 e. The first-order chi connectivity index (χ1) is 14.2. The molecule has 0 saturated heterocycles. The average molecular weight is 427 g/mol. The number of aryl methyl sites for hydroxylation is 1. The van der Waals surface area contributed by atoms with Crippen molar-refractivity contribution in [2.24, 2.45) is 5.41 Å². The minimum absolute atomic E-state index is 0.246. The maximum atomic E-state index is 11.2. The van der Waals surface area contributed by atoms with Gasteiger partial charge in [0, 0.05) is 10.8 Å². The fourth-order valence-corrected chi connectivity index (χ4v) is 3.88. The van der Waals surface area contributed by atoms with Gasteiger partial charge in [0.1, 0.15) is 6.04 Å². The van der Waals surface area contributed by atoms with Gasteiger partial charge in [0.25, 0.3) is 5.89 Å². The van der Waals surface area contributed by atoms with Crippen LogP contribution in [0.2, 0.25) is 0 Å². The van der Waals surface area contributed by atoms with Gasteiger partial charge < -0.3 is 14.9 Å². The largest absolute Gasteiger partial charge is 0.465 e. The van der Waals surface area contributed by atoms with E-state index >= 15 is 0 Å². The van der Waals surface area contributed by atoms with Gasteiger partial charge in [-0.05, 0) is 18.4 Å². The Kier molecular flexibility index (Phi) is 5.02. The molecule has 0 aliphatic rings. The van der Waals surface area contributed by atoms with E-state index in [-0.39, 0.29) is 11.7 Å². The molecular weight excluding hydrogens is 404 g/mol. The maximum absolute atomic E-state index is 11.2. The van der Waals surface area contributed by atoms with Crippen LogP contribution in [0.4, 0.5) is 4.79 Å². The van der Waals surface area contributed by atoms with Crippen molar-refractivity contribution in [3.8, 4) is 11.6 Å². The molecule has 0 saturated carbocycles. The van der Waals surface area contributed by atoms with Gasteiger partial charge >= 0.3 is 6.09 Å². The fourth-order valence-electron chi connectivity index (χ4n) is 3.28. The van der Waals surface area contributed by atoms with E-state index in [9.17, 15) is 9.90 Å². The lowest BCUT2D eigenvalue weighted by atomic mass is 9.86. The molecule has 0 radical (unpaired) electrons. The molecule has 0 aliphatic heterocycles. The topological polar surface area (TPSA) is 119 Å². The van der Waals surface area contributed by atoms with Crippen LogP contribution in [0.5, 0.6) is 0 Å². The number of nitrogens with zero attached hydrogens (tertiary/aromatic N) is 5. The summed E-state index contributed by atoms with van der Waals surface area (Å²) in [6.45, 7) is 8.21. The second kappa shape index (κ2) is 7.52. The Bertz CT molecular complexity index is 1200. The minimum Gasteiger partial charge on any atom is -0.465 e. The molecule has 1 atom stereocenters. The highest BCUT2D eigenvalue weighted by Gasteiger charge is 2.33. The zero-order valence-corrected chi connectivity index (χ0v) is 17.9. The molecule has 0 aliphatic carbocycles. The van der Waals surface area contributed by atoms with Crippen LogP contribution in [0.1, 0.15) is 43.3 Å². The van der Waals surface area contributed by atoms with Crippen molar-refractivity contribution in [1.82, 2.24) is 30.2 Å². The lowest BCUT2D eigenvalue weighted by molar-refractivity contribution is 0.172. The predicted molar refractivity (Wildman–Crippen MR) is 112 cm³/mol. The van der Waals surface area contributed by atoms with Crippen LogP contribution in [0.25, 0.3) is 22.5 Å². The summed E-state index contributed by atoms with van der Waals surface area (Å²) in [5, 5.41) is 24.3. The third-order valence-corrected chi connectivity index (χ3v) is 5.49.